The summed E-state index contributed by atoms with van der Waals surface area (Å²) in [6, 6.07) is 11.5. The molecule has 0 radical (unpaired) electrons. The van der Waals surface area contributed by atoms with Crippen molar-refractivity contribution in [1.29, 1.82) is 0 Å². The van der Waals surface area contributed by atoms with Gasteiger partial charge in [0.1, 0.15) is 11.6 Å². The smallest absolute Gasteiger partial charge is 0.254 e. The number of piperidine rings is 1. The van der Waals surface area contributed by atoms with Gasteiger partial charge in [-0.2, -0.15) is 0 Å². The van der Waals surface area contributed by atoms with Crippen LogP contribution in [0.15, 0.2) is 42.5 Å². The van der Waals surface area contributed by atoms with Crippen molar-refractivity contribution in [3.8, 4) is 0 Å². The Bertz CT molecular complexity index is 755. The van der Waals surface area contributed by atoms with E-state index in [9.17, 15) is 13.6 Å². The summed E-state index contributed by atoms with van der Waals surface area (Å²) in [5, 5.41) is 2.86. The van der Waals surface area contributed by atoms with Crippen molar-refractivity contribution in [3.63, 3.8) is 0 Å². The number of hydrogen-bond donors (Lipinski definition) is 1. The summed E-state index contributed by atoms with van der Waals surface area (Å²) in [5.41, 5.74) is 2.43. The monoisotopic (exact) mass is 344 g/mol. The first kappa shape index (κ1) is 17.5. The minimum atomic E-state index is -0.825. The molecular weight excluding hydrogens is 322 g/mol. The lowest BCUT2D eigenvalue weighted by molar-refractivity contribution is 0.0905. The molecule has 25 heavy (non-hydrogen) atoms. The number of rotatable bonds is 4. The van der Waals surface area contributed by atoms with Crippen LogP contribution in [0.1, 0.15) is 34.3 Å². The van der Waals surface area contributed by atoms with E-state index in [-0.39, 0.29) is 11.6 Å². The predicted molar refractivity (Wildman–Crippen MR) is 93.3 cm³/mol. The summed E-state index contributed by atoms with van der Waals surface area (Å²) in [7, 11) is 0. The van der Waals surface area contributed by atoms with Crippen molar-refractivity contribution in [2.75, 3.05) is 13.1 Å². The van der Waals surface area contributed by atoms with Crippen LogP contribution in [-0.2, 0) is 6.54 Å². The Morgan fingerprint density at radius 2 is 1.92 bits per heavy atom. The highest BCUT2D eigenvalue weighted by atomic mass is 19.1. The predicted octanol–water partition coefficient (Wildman–Crippen LogP) is 3.67. The van der Waals surface area contributed by atoms with Gasteiger partial charge < -0.3 is 5.32 Å². The first-order valence-corrected chi connectivity index (χ1v) is 8.55. The molecule has 0 spiro atoms. The van der Waals surface area contributed by atoms with E-state index in [0.29, 0.717) is 0 Å². The summed E-state index contributed by atoms with van der Waals surface area (Å²) in [5.74, 6) is -1.98. The fraction of sp³-hybridized carbons (Fsp3) is 0.350. The number of hydrogen-bond acceptors (Lipinski definition) is 2. The van der Waals surface area contributed by atoms with Crippen LogP contribution in [0.4, 0.5) is 8.78 Å². The molecule has 0 saturated carbocycles. The van der Waals surface area contributed by atoms with Crippen molar-refractivity contribution in [2.45, 2.75) is 32.4 Å². The number of nitrogens with zero attached hydrogens (tertiary/aromatic N) is 1. The molecule has 1 heterocycles. The quantitative estimate of drug-likeness (QED) is 0.918. The zero-order chi connectivity index (χ0) is 17.8. The molecule has 1 aliphatic heterocycles. The van der Waals surface area contributed by atoms with Gasteiger partial charge in [-0.3, -0.25) is 9.69 Å². The van der Waals surface area contributed by atoms with Crippen LogP contribution in [-0.4, -0.2) is 29.9 Å². The lowest BCUT2D eigenvalue weighted by atomic mass is 10.0. The van der Waals surface area contributed by atoms with E-state index in [1.807, 2.05) is 0 Å². The summed E-state index contributed by atoms with van der Waals surface area (Å²) >= 11 is 0. The highest BCUT2D eigenvalue weighted by molar-refractivity contribution is 5.94. The average Bonchev–Trinajstić information content (AvgIpc) is 2.56. The fourth-order valence-corrected chi connectivity index (χ4v) is 3.24. The van der Waals surface area contributed by atoms with Gasteiger partial charge in [-0.1, -0.05) is 29.8 Å². The Labute approximate surface area is 146 Å². The Kier molecular flexibility index (Phi) is 5.43. The molecule has 2 aromatic rings. The van der Waals surface area contributed by atoms with E-state index in [1.54, 1.807) is 0 Å². The van der Waals surface area contributed by atoms with Gasteiger partial charge in [0.25, 0.3) is 5.91 Å². The van der Waals surface area contributed by atoms with Crippen LogP contribution < -0.4 is 5.32 Å². The number of benzene rings is 2. The van der Waals surface area contributed by atoms with Crippen LogP contribution in [0.3, 0.4) is 0 Å². The van der Waals surface area contributed by atoms with Gasteiger partial charge in [0.15, 0.2) is 0 Å². The Balaban J connectivity index is 1.51. The molecule has 0 unspecified atom stereocenters. The third-order valence-corrected chi connectivity index (χ3v) is 4.59. The molecule has 3 rings (SSSR count). The minimum Gasteiger partial charge on any atom is -0.349 e. The molecule has 132 valence electrons. The highest BCUT2D eigenvalue weighted by Gasteiger charge is 2.22. The molecule has 1 saturated heterocycles. The van der Waals surface area contributed by atoms with Gasteiger partial charge >= 0.3 is 0 Å². The zero-order valence-electron chi connectivity index (χ0n) is 14.3. The Morgan fingerprint density at radius 3 is 2.60 bits per heavy atom. The Morgan fingerprint density at radius 1 is 1.16 bits per heavy atom. The molecule has 0 aliphatic carbocycles. The molecule has 1 N–H and O–H groups in total. The van der Waals surface area contributed by atoms with Crippen molar-refractivity contribution in [2.24, 2.45) is 0 Å². The zero-order valence-corrected chi connectivity index (χ0v) is 14.3. The van der Waals surface area contributed by atoms with E-state index < -0.39 is 17.5 Å². The summed E-state index contributed by atoms with van der Waals surface area (Å²) in [4.78, 5) is 14.5. The second-order valence-electron chi connectivity index (χ2n) is 6.64. The first-order chi connectivity index (χ1) is 12.0. The summed E-state index contributed by atoms with van der Waals surface area (Å²) < 4.78 is 26.6. The normalized spacial score (nSPS) is 16.0. The summed E-state index contributed by atoms with van der Waals surface area (Å²) in [6.45, 7) is 4.74. The molecule has 3 nitrogen and oxygen atoms in total. The van der Waals surface area contributed by atoms with Crippen LogP contribution in [0, 0.1) is 18.6 Å². The molecule has 2 aromatic carbocycles. The standard InChI is InChI=1S/C20H22F2N2O/c1-14-3-2-4-15(11-14)13-24-9-7-17(8-10-24)23-20(25)18-6-5-16(21)12-19(18)22/h2-6,11-12,17H,7-10,13H2,1H3,(H,23,25). The van der Waals surface area contributed by atoms with Gasteiger partial charge in [-0.25, -0.2) is 8.78 Å². The van der Waals surface area contributed by atoms with E-state index >= 15 is 0 Å². The first-order valence-electron chi connectivity index (χ1n) is 8.55. The van der Waals surface area contributed by atoms with Crippen molar-refractivity contribution < 1.29 is 13.6 Å². The average molecular weight is 344 g/mol. The maximum absolute atomic E-state index is 13.7. The van der Waals surface area contributed by atoms with Gasteiger partial charge in [0.05, 0.1) is 5.56 Å². The topological polar surface area (TPSA) is 32.3 Å². The lowest BCUT2D eigenvalue weighted by Gasteiger charge is -2.32. The van der Waals surface area contributed by atoms with Gasteiger partial charge in [-0.05, 0) is 37.5 Å². The molecule has 0 bridgehead atoms. The molecule has 1 aliphatic rings. The number of nitrogens with one attached hydrogen (secondary N) is 1. The number of amides is 1. The lowest BCUT2D eigenvalue weighted by Crippen LogP contribution is -2.44. The number of aryl methyl sites for hydroxylation is 1. The van der Waals surface area contributed by atoms with Gasteiger partial charge in [-0.15, -0.1) is 0 Å². The molecule has 1 fully saturated rings. The molecular formula is C20H22F2N2O. The van der Waals surface area contributed by atoms with Crippen molar-refractivity contribution in [3.05, 3.63) is 70.8 Å². The Hall–Kier alpha value is -2.27. The van der Waals surface area contributed by atoms with Crippen molar-refractivity contribution >= 4 is 5.91 Å². The van der Waals surface area contributed by atoms with Crippen LogP contribution >= 0.6 is 0 Å². The van der Waals surface area contributed by atoms with Crippen LogP contribution in [0.25, 0.3) is 0 Å². The van der Waals surface area contributed by atoms with E-state index in [1.165, 1.54) is 17.2 Å². The maximum Gasteiger partial charge on any atom is 0.254 e. The number of carbonyl (C=O) groups is 1. The van der Waals surface area contributed by atoms with Gasteiger partial charge in [0.2, 0.25) is 0 Å². The van der Waals surface area contributed by atoms with E-state index in [4.69, 9.17) is 0 Å². The maximum atomic E-state index is 13.7. The fourth-order valence-electron chi connectivity index (χ4n) is 3.24. The van der Waals surface area contributed by atoms with Crippen LogP contribution in [0.2, 0.25) is 0 Å². The molecule has 0 aromatic heterocycles. The third-order valence-electron chi connectivity index (χ3n) is 4.59. The highest BCUT2D eigenvalue weighted by Crippen LogP contribution is 2.16. The third kappa shape index (κ3) is 4.63. The molecule has 5 heteroatoms. The number of carbonyl (C=O) groups excluding carboxylic acids is 1. The summed E-state index contributed by atoms with van der Waals surface area (Å²) in [6.07, 6.45) is 1.64. The largest absolute Gasteiger partial charge is 0.349 e. The minimum absolute atomic E-state index is 0.0192. The molecule has 0 atom stereocenters. The second kappa shape index (κ2) is 7.74. The van der Waals surface area contributed by atoms with E-state index in [2.05, 4.69) is 41.4 Å². The van der Waals surface area contributed by atoms with Crippen LogP contribution in [0.5, 0.6) is 0 Å². The van der Waals surface area contributed by atoms with E-state index in [0.717, 1.165) is 44.6 Å². The SMILES string of the molecule is Cc1cccc(CN2CCC(NC(=O)c3ccc(F)cc3F)CC2)c1. The van der Waals surface area contributed by atoms with Gasteiger partial charge in [0, 0.05) is 31.7 Å². The number of likely N-dealkylation sites (tertiary alicyclic amines) is 1. The molecule has 1 amide bonds. The number of halogens is 2. The second-order valence-corrected chi connectivity index (χ2v) is 6.64. The van der Waals surface area contributed by atoms with Crippen molar-refractivity contribution in [1.82, 2.24) is 10.2 Å².